The minimum Gasteiger partial charge on any atom is -0.368 e. The van der Waals surface area contributed by atoms with Crippen molar-refractivity contribution in [3.05, 3.63) is 48.3 Å². The van der Waals surface area contributed by atoms with Crippen LogP contribution in [-0.2, 0) is 19.5 Å². The van der Waals surface area contributed by atoms with Crippen molar-refractivity contribution in [3.8, 4) is 0 Å². The van der Waals surface area contributed by atoms with Gasteiger partial charge in [0, 0.05) is 31.9 Å². The quantitative estimate of drug-likeness (QED) is 0.590. The van der Waals surface area contributed by atoms with Crippen LogP contribution in [0.3, 0.4) is 0 Å². The molecule has 0 aromatic carbocycles. The van der Waals surface area contributed by atoms with Crippen LogP contribution in [0.2, 0.25) is 0 Å². The molecule has 1 rings (SSSR count). The Kier molecular flexibility index (Phi) is 13.0. The molecule has 0 aliphatic carbocycles. The van der Waals surface area contributed by atoms with Crippen molar-refractivity contribution in [1.29, 1.82) is 0 Å². The molecule has 1 nitrogen and oxygen atoms in total. The molecule has 0 aliphatic rings. The third-order valence-corrected chi connectivity index (χ3v) is 1.38. The number of H-pyrrole nitrogens is 1. The maximum atomic E-state index is 2.86. The molecular formula is C11H17NRu. The van der Waals surface area contributed by atoms with Gasteiger partial charge in [-0.2, -0.15) is 0 Å². The van der Waals surface area contributed by atoms with Gasteiger partial charge in [0.15, 0.2) is 0 Å². The van der Waals surface area contributed by atoms with Crippen LogP contribution in [0.25, 0.3) is 0 Å². The summed E-state index contributed by atoms with van der Waals surface area (Å²) < 4.78 is 0. The van der Waals surface area contributed by atoms with Gasteiger partial charge in [0.1, 0.15) is 0 Å². The average Bonchev–Trinajstić information content (AvgIpc) is 2.62. The second-order valence-electron chi connectivity index (χ2n) is 2.42. The van der Waals surface area contributed by atoms with Gasteiger partial charge >= 0.3 is 0 Å². The molecule has 0 saturated carbocycles. The van der Waals surface area contributed by atoms with Crippen LogP contribution in [-0.4, -0.2) is 4.98 Å². The molecule has 1 aromatic heterocycles. The Labute approximate surface area is 93.7 Å². The van der Waals surface area contributed by atoms with E-state index in [1.807, 2.05) is 44.4 Å². The van der Waals surface area contributed by atoms with E-state index in [1.165, 1.54) is 5.57 Å². The van der Waals surface area contributed by atoms with Crippen LogP contribution in [0.4, 0.5) is 0 Å². The Hall–Kier alpha value is -0.617. The summed E-state index contributed by atoms with van der Waals surface area (Å²) in [5.41, 5.74) is 1.32. The number of hydrogen-bond donors (Lipinski definition) is 1. The molecule has 0 fully saturated rings. The van der Waals surface area contributed by atoms with Crippen LogP contribution in [0, 0.1) is 0 Å². The Morgan fingerprint density at radius 3 is 1.85 bits per heavy atom. The number of allylic oxidation sites excluding steroid dienone is 4. The summed E-state index contributed by atoms with van der Waals surface area (Å²) in [4.78, 5) is 2.86. The standard InChI is InChI=1S/C7H12.C4H5N.Ru/c1-4-6-7(3)5-2;1-2-4-5-3-1;/h4-6H,1-3H3;1-5H;. The van der Waals surface area contributed by atoms with Gasteiger partial charge < -0.3 is 4.98 Å². The van der Waals surface area contributed by atoms with E-state index in [-0.39, 0.29) is 19.5 Å². The topological polar surface area (TPSA) is 15.8 Å². The van der Waals surface area contributed by atoms with Crippen molar-refractivity contribution in [3.63, 3.8) is 0 Å². The minimum atomic E-state index is 0. The average molecular weight is 264 g/mol. The van der Waals surface area contributed by atoms with Crippen molar-refractivity contribution < 1.29 is 19.5 Å². The van der Waals surface area contributed by atoms with Crippen molar-refractivity contribution in [1.82, 2.24) is 4.98 Å². The fraction of sp³-hybridized carbons (Fsp3) is 0.273. The van der Waals surface area contributed by atoms with Crippen molar-refractivity contribution >= 4 is 0 Å². The van der Waals surface area contributed by atoms with E-state index in [0.717, 1.165) is 0 Å². The molecule has 2 heteroatoms. The van der Waals surface area contributed by atoms with Crippen molar-refractivity contribution in [2.24, 2.45) is 0 Å². The molecule has 1 N–H and O–H groups in total. The molecule has 13 heavy (non-hydrogen) atoms. The summed E-state index contributed by atoms with van der Waals surface area (Å²) in [6.07, 6.45) is 9.95. The third-order valence-electron chi connectivity index (χ3n) is 1.38. The van der Waals surface area contributed by atoms with E-state index in [4.69, 9.17) is 0 Å². The van der Waals surface area contributed by atoms with E-state index in [0.29, 0.717) is 0 Å². The van der Waals surface area contributed by atoms with Crippen LogP contribution >= 0.6 is 0 Å². The van der Waals surface area contributed by atoms with E-state index in [9.17, 15) is 0 Å². The van der Waals surface area contributed by atoms with Gasteiger partial charge in [-0.1, -0.05) is 23.8 Å². The number of nitrogens with one attached hydrogen (secondary N) is 1. The number of aromatic amines is 1. The van der Waals surface area contributed by atoms with Gasteiger partial charge in [-0.25, -0.2) is 0 Å². The Morgan fingerprint density at radius 1 is 1.15 bits per heavy atom. The van der Waals surface area contributed by atoms with Crippen LogP contribution in [0.15, 0.2) is 48.3 Å². The fourth-order valence-corrected chi connectivity index (χ4v) is 0.637. The first kappa shape index (κ1) is 14.9. The van der Waals surface area contributed by atoms with E-state index in [2.05, 4.69) is 24.1 Å². The van der Waals surface area contributed by atoms with Gasteiger partial charge in [0.2, 0.25) is 0 Å². The normalized spacial score (nSPS) is 10.2. The Balaban J connectivity index is 0. The smallest absolute Gasteiger partial charge is 0.000496 e. The van der Waals surface area contributed by atoms with Crippen molar-refractivity contribution in [2.45, 2.75) is 20.8 Å². The zero-order valence-corrected chi connectivity index (χ0v) is 10.1. The van der Waals surface area contributed by atoms with Gasteiger partial charge in [0.05, 0.1) is 0 Å². The summed E-state index contributed by atoms with van der Waals surface area (Å²) in [5.74, 6) is 0. The predicted molar refractivity (Wildman–Crippen MR) is 55.0 cm³/mol. The third kappa shape index (κ3) is 11.4. The SMILES string of the molecule is CC=CC(C)=CC.[Ru].c1cc[nH]c1. The van der Waals surface area contributed by atoms with E-state index < -0.39 is 0 Å². The Bertz CT molecular complexity index is 205. The molecule has 0 amide bonds. The van der Waals surface area contributed by atoms with Crippen LogP contribution < -0.4 is 0 Å². The first-order valence-corrected chi connectivity index (χ1v) is 4.14. The molecule has 0 bridgehead atoms. The largest absolute Gasteiger partial charge is 0.368 e. The first-order valence-electron chi connectivity index (χ1n) is 4.14. The number of aromatic nitrogens is 1. The van der Waals surface area contributed by atoms with Gasteiger partial charge in [0.25, 0.3) is 0 Å². The maximum absolute atomic E-state index is 2.86. The van der Waals surface area contributed by atoms with Gasteiger partial charge in [-0.05, 0) is 32.9 Å². The number of rotatable bonds is 1. The molecule has 1 heterocycles. The minimum absolute atomic E-state index is 0. The zero-order chi connectivity index (χ0) is 9.23. The zero-order valence-electron chi connectivity index (χ0n) is 8.40. The van der Waals surface area contributed by atoms with Gasteiger partial charge in [-0.15, -0.1) is 0 Å². The van der Waals surface area contributed by atoms with Gasteiger partial charge in [-0.3, -0.25) is 0 Å². The summed E-state index contributed by atoms with van der Waals surface area (Å²) >= 11 is 0. The summed E-state index contributed by atoms with van der Waals surface area (Å²) in [6.45, 7) is 6.14. The molecular weight excluding hydrogens is 247 g/mol. The molecule has 74 valence electrons. The van der Waals surface area contributed by atoms with E-state index >= 15 is 0 Å². The van der Waals surface area contributed by atoms with Crippen molar-refractivity contribution in [2.75, 3.05) is 0 Å². The summed E-state index contributed by atoms with van der Waals surface area (Å²) in [5, 5.41) is 0. The second kappa shape index (κ2) is 11.4. The molecule has 0 atom stereocenters. The summed E-state index contributed by atoms with van der Waals surface area (Å²) in [6, 6.07) is 3.89. The van der Waals surface area contributed by atoms with Crippen LogP contribution in [0.1, 0.15) is 20.8 Å². The first-order chi connectivity index (χ1) is 5.81. The molecule has 0 radical (unpaired) electrons. The second-order valence-corrected chi connectivity index (χ2v) is 2.42. The molecule has 0 spiro atoms. The monoisotopic (exact) mass is 265 g/mol. The Morgan fingerprint density at radius 2 is 1.69 bits per heavy atom. The number of hydrogen-bond acceptors (Lipinski definition) is 0. The predicted octanol–water partition coefficient (Wildman–Crippen LogP) is 3.54. The molecule has 0 aliphatic heterocycles. The fourth-order valence-electron chi connectivity index (χ4n) is 0.637. The molecule has 1 aromatic rings. The maximum Gasteiger partial charge on any atom is 0.000496 e. The molecule has 0 saturated heterocycles. The molecule has 0 unspecified atom stereocenters. The van der Waals surface area contributed by atoms with Crippen LogP contribution in [0.5, 0.6) is 0 Å². The van der Waals surface area contributed by atoms with E-state index in [1.54, 1.807) is 0 Å². The summed E-state index contributed by atoms with van der Waals surface area (Å²) in [7, 11) is 0.